The van der Waals surface area contributed by atoms with Crippen LogP contribution in [-0.4, -0.2) is 61.4 Å². The maximum atomic E-state index is 12.3. The Bertz CT molecular complexity index is 541. The minimum absolute atomic E-state index is 0.225. The van der Waals surface area contributed by atoms with E-state index in [0.717, 1.165) is 32.7 Å². The third-order valence-corrected chi connectivity index (χ3v) is 4.89. The summed E-state index contributed by atoms with van der Waals surface area (Å²) in [4.78, 5) is 19.0. The van der Waals surface area contributed by atoms with Crippen LogP contribution in [0.25, 0.3) is 0 Å². The van der Waals surface area contributed by atoms with Crippen LogP contribution in [0.1, 0.15) is 26.2 Å². The zero-order valence-electron chi connectivity index (χ0n) is 14.9. The van der Waals surface area contributed by atoms with E-state index in [-0.39, 0.29) is 6.03 Å². The van der Waals surface area contributed by atoms with Crippen LogP contribution in [-0.2, 0) is 4.74 Å². The van der Waals surface area contributed by atoms with Gasteiger partial charge in [-0.25, -0.2) is 9.78 Å². The predicted octanol–water partition coefficient (Wildman–Crippen LogP) is 2.10. The number of carbonyl (C=O) groups is 1. The molecule has 2 N–H and O–H groups in total. The fraction of sp³-hybridized carbons (Fsp3) is 0.667. The Hall–Kier alpha value is -1.86. The van der Waals surface area contributed by atoms with E-state index in [1.54, 1.807) is 18.3 Å². The van der Waals surface area contributed by atoms with Gasteiger partial charge in [0.2, 0.25) is 5.88 Å². The van der Waals surface area contributed by atoms with E-state index in [1.807, 2.05) is 6.92 Å². The molecular weight excluding hydrogens is 320 g/mol. The molecular formula is C18H28N4O3. The van der Waals surface area contributed by atoms with Gasteiger partial charge < -0.3 is 20.1 Å². The first-order chi connectivity index (χ1) is 12.3. The van der Waals surface area contributed by atoms with Gasteiger partial charge >= 0.3 is 6.03 Å². The highest BCUT2D eigenvalue weighted by atomic mass is 16.5. The van der Waals surface area contributed by atoms with Crippen molar-refractivity contribution in [1.82, 2.24) is 15.2 Å². The molecule has 0 saturated carbocycles. The van der Waals surface area contributed by atoms with Crippen molar-refractivity contribution in [2.24, 2.45) is 5.92 Å². The first-order valence-corrected chi connectivity index (χ1v) is 9.22. The van der Waals surface area contributed by atoms with Gasteiger partial charge in [0.1, 0.15) is 5.69 Å². The Balaban J connectivity index is 1.56. The lowest BCUT2D eigenvalue weighted by Gasteiger charge is -2.32. The smallest absolute Gasteiger partial charge is 0.319 e. The lowest BCUT2D eigenvalue weighted by Crippen LogP contribution is -2.48. The van der Waals surface area contributed by atoms with E-state index >= 15 is 0 Å². The van der Waals surface area contributed by atoms with E-state index < -0.39 is 0 Å². The van der Waals surface area contributed by atoms with Crippen molar-refractivity contribution in [3.05, 3.63) is 18.3 Å². The summed E-state index contributed by atoms with van der Waals surface area (Å²) in [5, 5.41) is 5.87. The van der Waals surface area contributed by atoms with Crippen LogP contribution in [0.2, 0.25) is 0 Å². The zero-order chi connectivity index (χ0) is 17.5. The lowest BCUT2D eigenvalue weighted by molar-refractivity contribution is 0.135. The molecule has 0 bridgehead atoms. The average molecular weight is 348 g/mol. The van der Waals surface area contributed by atoms with Crippen LogP contribution in [0, 0.1) is 5.92 Å². The second-order valence-electron chi connectivity index (χ2n) is 6.56. The highest BCUT2D eigenvalue weighted by molar-refractivity contribution is 5.90. The summed E-state index contributed by atoms with van der Waals surface area (Å²) in [5.41, 5.74) is 0.587. The number of rotatable bonds is 7. The maximum absolute atomic E-state index is 12.3. The van der Waals surface area contributed by atoms with E-state index in [4.69, 9.17) is 9.47 Å². The van der Waals surface area contributed by atoms with E-state index in [1.165, 1.54) is 12.8 Å². The minimum atomic E-state index is -0.225. The van der Waals surface area contributed by atoms with Crippen LogP contribution in [0.3, 0.4) is 0 Å². The predicted molar refractivity (Wildman–Crippen MR) is 95.9 cm³/mol. The van der Waals surface area contributed by atoms with Crippen molar-refractivity contribution < 1.29 is 14.3 Å². The number of amides is 2. The average Bonchev–Trinajstić information content (AvgIpc) is 3.31. The van der Waals surface area contributed by atoms with Gasteiger partial charge in [-0.15, -0.1) is 0 Å². The quantitative estimate of drug-likeness (QED) is 0.789. The number of hydrogen-bond acceptors (Lipinski definition) is 5. The SMILES string of the molecule is CCOc1ncccc1NC(=O)NC[C@H]([C@H]1CCOC1)N1CCCC1. The van der Waals surface area contributed by atoms with Crippen molar-refractivity contribution in [2.45, 2.75) is 32.2 Å². The molecule has 0 aliphatic carbocycles. The molecule has 3 rings (SSSR count). The molecule has 2 fully saturated rings. The van der Waals surface area contributed by atoms with Crippen LogP contribution >= 0.6 is 0 Å². The minimum Gasteiger partial charge on any atom is -0.476 e. The molecule has 3 heterocycles. The number of pyridine rings is 1. The molecule has 2 atom stereocenters. The first kappa shape index (κ1) is 17.9. The van der Waals surface area contributed by atoms with Crippen LogP contribution in [0.4, 0.5) is 10.5 Å². The van der Waals surface area contributed by atoms with Gasteiger partial charge in [0, 0.05) is 31.3 Å². The number of nitrogens with zero attached hydrogens (tertiary/aromatic N) is 2. The molecule has 2 aliphatic heterocycles. The summed E-state index contributed by atoms with van der Waals surface area (Å²) in [5.74, 6) is 0.941. The topological polar surface area (TPSA) is 75.7 Å². The summed E-state index contributed by atoms with van der Waals surface area (Å²) in [6, 6.07) is 3.69. The Kier molecular flexibility index (Phi) is 6.47. The molecule has 0 radical (unpaired) electrons. The molecule has 0 aromatic carbocycles. The summed E-state index contributed by atoms with van der Waals surface area (Å²) in [7, 11) is 0. The molecule has 7 heteroatoms. The monoisotopic (exact) mass is 348 g/mol. The Morgan fingerprint density at radius 3 is 3.04 bits per heavy atom. The van der Waals surface area contributed by atoms with E-state index in [2.05, 4.69) is 20.5 Å². The summed E-state index contributed by atoms with van der Waals surface area (Å²) in [6.45, 7) is 6.87. The molecule has 0 unspecified atom stereocenters. The number of ether oxygens (including phenoxy) is 2. The van der Waals surface area contributed by atoms with Gasteiger partial charge in [0.25, 0.3) is 0 Å². The Labute approximate surface area is 149 Å². The molecule has 0 spiro atoms. The van der Waals surface area contributed by atoms with Crippen molar-refractivity contribution in [3.63, 3.8) is 0 Å². The van der Waals surface area contributed by atoms with Crippen LogP contribution < -0.4 is 15.4 Å². The highest BCUT2D eigenvalue weighted by Crippen LogP contribution is 2.24. The molecule has 25 heavy (non-hydrogen) atoms. The van der Waals surface area contributed by atoms with Crippen molar-refractivity contribution in [1.29, 1.82) is 0 Å². The summed E-state index contributed by atoms with van der Waals surface area (Å²) in [6.07, 6.45) is 5.20. The lowest BCUT2D eigenvalue weighted by atomic mass is 9.97. The highest BCUT2D eigenvalue weighted by Gasteiger charge is 2.32. The van der Waals surface area contributed by atoms with Crippen LogP contribution in [0.15, 0.2) is 18.3 Å². The van der Waals surface area contributed by atoms with Crippen molar-refractivity contribution >= 4 is 11.7 Å². The van der Waals surface area contributed by atoms with E-state index in [9.17, 15) is 4.79 Å². The molecule has 2 amide bonds. The van der Waals surface area contributed by atoms with Gasteiger partial charge in [0.15, 0.2) is 0 Å². The second kappa shape index (κ2) is 9.01. The number of nitrogens with one attached hydrogen (secondary N) is 2. The normalized spacial score (nSPS) is 21.9. The molecule has 2 saturated heterocycles. The standard InChI is InChI=1S/C18H28N4O3/c1-2-25-17-15(6-5-8-19-17)21-18(23)20-12-16(14-7-11-24-13-14)22-9-3-4-10-22/h5-6,8,14,16H,2-4,7,9-13H2,1H3,(H2,20,21,23)/t14-,16+/m0/s1. The third kappa shape index (κ3) is 4.83. The van der Waals surface area contributed by atoms with Gasteiger partial charge in [-0.05, 0) is 51.4 Å². The Morgan fingerprint density at radius 1 is 1.48 bits per heavy atom. The zero-order valence-corrected chi connectivity index (χ0v) is 14.9. The third-order valence-electron chi connectivity index (χ3n) is 4.89. The Morgan fingerprint density at radius 2 is 2.32 bits per heavy atom. The molecule has 7 nitrogen and oxygen atoms in total. The number of carbonyl (C=O) groups excluding carboxylic acids is 1. The second-order valence-corrected chi connectivity index (χ2v) is 6.56. The number of hydrogen-bond donors (Lipinski definition) is 2. The maximum Gasteiger partial charge on any atom is 0.319 e. The summed E-state index contributed by atoms with van der Waals surface area (Å²) >= 11 is 0. The molecule has 2 aliphatic rings. The van der Waals surface area contributed by atoms with Crippen molar-refractivity contribution in [2.75, 3.05) is 44.8 Å². The van der Waals surface area contributed by atoms with Gasteiger partial charge in [0.05, 0.1) is 13.2 Å². The number of aromatic nitrogens is 1. The molecule has 1 aromatic heterocycles. The molecule has 138 valence electrons. The molecule has 1 aromatic rings. The number of anilines is 1. The largest absolute Gasteiger partial charge is 0.476 e. The van der Waals surface area contributed by atoms with Gasteiger partial charge in [-0.1, -0.05) is 0 Å². The number of urea groups is 1. The van der Waals surface area contributed by atoms with Gasteiger partial charge in [-0.3, -0.25) is 4.90 Å². The summed E-state index contributed by atoms with van der Waals surface area (Å²) < 4.78 is 11.0. The van der Waals surface area contributed by atoms with E-state index in [0.29, 0.717) is 36.7 Å². The van der Waals surface area contributed by atoms with Gasteiger partial charge in [-0.2, -0.15) is 0 Å². The number of likely N-dealkylation sites (tertiary alicyclic amines) is 1. The van der Waals surface area contributed by atoms with Crippen molar-refractivity contribution in [3.8, 4) is 5.88 Å². The fourth-order valence-electron chi connectivity index (χ4n) is 3.62. The fourth-order valence-corrected chi connectivity index (χ4v) is 3.62. The first-order valence-electron chi connectivity index (χ1n) is 9.22. The van der Waals surface area contributed by atoms with Crippen LogP contribution in [0.5, 0.6) is 5.88 Å².